The molecular formula is C12H24N2O2. The third kappa shape index (κ3) is 3.54. The highest BCUT2D eigenvalue weighted by molar-refractivity contribution is 5.53. The maximum absolute atomic E-state index is 10.00. The van der Waals surface area contributed by atoms with Gasteiger partial charge in [0.25, 0.3) is 0 Å². The van der Waals surface area contributed by atoms with E-state index in [1.54, 1.807) is 6.21 Å². The number of nitrogens with zero attached hydrogens (tertiary/aromatic N) is 1. The Morgan fingerprint density at radius 1 is 1.56 bits per heavy atom. The molecule has 4 nitrogen and oxygen atoms in total. The first kappa shape index (κ1) is 13.6. The van der Waals surface area contributed by atoms with Gasteiger partial charge in [-0.25, -0.2) is 0 Å². The summed E-state index contributed by atoms with van der Waals surface area (Å²) < 4.78 is 5.50. The predicted molar refractivity (Wildman–Crippen MR) is 66.0 cm³/mol. The van der Waals surface area contributed by atoms with Gasteiger partial charge in [0.15, 0.2) is 0 Å². The molecule has 0 amide bonds. The first-order valence-corrected chi connectivity index (χ1v) is 6.13. The zero-order chi connectivity index (χ0) is 12.1. The van der Waals surface area contributed by atoms with Crippen LogP contribution in [-0.4, -0.2) is 48.8 Å². The molecule has 94 valence electrons. The monoisotopic (exact) mass is 228 g/mol. The Labute approximate surface area is 98.1 Å². The summed E-state index contributed by atoms with van der Waals surface area (Å²) in [5.74, 6) is 0.151. The van der Waals surface area contributed by atoms with Crippen LogP contribution in [-0.2, 0) is 4.74 Å². The summed E-state index contributed by atoms with van der Waals surface area (Å²) in [5.41, 5.74) is 0. The lowest BCUT2D eigenvalue weighted by molar-refractivity contribution is 0.0930. The number of nitrogens with one attached hydrogen (secondary N) is 1. The van der Waals surface area contributed by atoms with Crippen LogP contribution in [0, 0.1) is 5.92 Å². The second-order valence-electron chi connectivity index (χ2n) is 4.44. The Hall–Kier alpha value is -0.450. The predicted octanol–water partition coefficient (Wildman–Crippen LogP) is 0.839. The highest BCUT2D eigenvalue weighted by atomic mass is 16.6. The van der Waals surface area contributed by atoms with E-state index in [1.807, 2.05) is 6.92 Å². The second-order valence-corrected chi connectivity index (χ2v) is 4.44. The van der Waals surface area contributed by atoms with E-state index in [0.29, 0.717) is 12.6 Å². The van der Waals surface area contributed by atoms with Gasteiger partial charge in [0, 0.05) is 12.0 Å². The quantitative estimate of drug-likeness (QED) is 0.501. The van der Waals surface area contributed by atoms with E-state index in [0.717, 1.165) is 6.54 Å². The summed E-state index contributed by atoms with van der Waals surface area (Å²) in [5, 5.41) is 13.4. The number of hydrogen-bond acceptors (Lipinski definition) is 4. The lowest BCUT2D eigenvalue weighted by Crippen LogP contribution is -2.45. The molecule has 1 fully saturated rings. The lowest BCUT2D eigenvalue weighted by Gasteiger charge is -2.26. The van der Waals surface area contributed by atoms with Crippen LogP contribution < -0.4 is 5.32 Å². The smallest absolute Gasteiger partial charge is 0.0995 e. The first-order chi connectivity index (χ1) is 7.61. The number of hydrogen-bond donors (Lipinski definition) is 2. The molecule has 0 aromatic heterocycles. The number of ether oxygens (including phenoxy) is 1. The molecule has 0 saturated carbocycles. The van der Waals surface area contributed by atoms with Crippen molar-refractivity contribution in [2.45, 2.75) is 52.0 Å². The van der Waals surface area contributed by atoms with Crippen LogP contribution >= 0.6 is 0 Å². The van der Waals surface area contributed by atoms with Crippen molar-refractivity contribution in [3.63, 3.8) is 0 Å². The zero-order valence-electron chi connectivity index (χ0n) is 10.7. The molecule has 1 aliphatic heterocycles. The van der Waals surface area contributed by atoms with Gasteiger partial charge in [0.05, 0.1) is 24.9 Å². The molecule has 1 aliphatic rings. The van der Waals surface area contributed by atoms with Crippen LogP contribution in [0.5, 0.6) is 0 Å². The number of rotatable bonds is 7. The van der Waals surface area contributed by atoms with E-state index in [2.05, 4.69) is 31.1 Å². The summed E-state index contributed by atoms with van der Waals surface area (Å²) >= 11 is 0. The van der Waals surface area contributed by atoms with Gasteiger partial charge in [0.2, 0.25) is 0 Å². The van der Waals surface area contributed by atoms with E-state index in [9.17, 15) is 5.11 Å². The number of aliphatic hydroxyl groups is 1. The maximum atomic E-state index is 10.00. The van der Waals surface area contributed by atoms with Gasteiger partial charge in [0.1, 0.15) is 0 Å². The van der Waals surface area contributed by atoms with E-state index in [1.165, 1.54) is 0 Å². The molecule has 1 rings (SSSR count). The molecule has 0 spiro atoms. The van der Waals surface area contributed by atoms with E-state index in [4.69, 9.17) is 4.74 Å². The Kier molecular flexibility index (Phi) is 5.38. The van der Waals surface area contributed by atoms with E-state index >= 15 is 0 Å². The van der Waals surface area contributed by atoms with Gasteiger partial charge >= 0.3 is 0 Å². The molecule has 4 heteroatoms. The van der Waals surface area contributed by atoms with Crippen LogP contribution in [0.25, 0.3) is 0 Å². The number of epoxide rings is 1. The minimum atomic E-state index is -0.406. The van der Waals surface area contributed by atoms with Crippen molar-refractivity contribution >= 4 is 6.21 Å². The van der Waals surface area contributed by atoms with Gasteiger partial charge in [-0.2, -0.15) is 0 Å². The first-order valence-electron chi connectivity index (χ1n) is 6.13. The molecule has 0 radical (unpaired) electrons. The minimum absolute atomic E-state index is 0.151. The van der Waals surface area contributed by atoms with Crippen LogP contribution in [0.4, 0.5) is 0 Å². The number of aliphatic imine (C=N–C) groups is 1. The van der Waals surface area contributed by atoms with Gasteiger partial charge in [-0.15, -0.1) is 0 Å². The van der Waals surface area contributed by atoms with Crippen LogP contribution in [0.1, 0.15) is 27.7 Å². The van der Waals surface area contributed by atoms with Gasteiger partial charge < -0.3 is 15.2 Å². The van der Waals surface area contributed by atoms with Crippen molar-refractivity contribution in [3.8, 4) is 0 Å². The van der Waals surface area contributed by atoms with Crippen LogP contribution in [0.15, 0.2) is 4.99 Å². The van der Waals surface area contributed by atoms with Crippen molar-refractivity contribution in [1.82, 2.24) is 5.32 Å². The molecule has 5 atom stereocenters. The average molecular weight is 228 g/mol. The SMILES string of the molecule is CC=NCC(O)C(C)C(NCC)C1OC1C. The lowest BCUT2D eigenvalue weighted by atomic mass is 9.92. The fraction of sp³-hybridized carbons (Fsp3) is 0.917. The Morgan fingerprint density at radius 2 is 2.19 bits per heavy atom. The highest BCUT2D eigenvalue weighted by Crippen LogP contribution is 2.29. The van der Waals surface area contributed by atoms with E-state index < -0.39 is 6.10 Å². The van der Waals surface area contributed by atoms with Gasteiger partial charge in [-0.1, -0.05) is 13.8 Å². The normalized spacial score (nSPS) is 30.3. The number of likely N-dealkylation sites (N-methyl/N-ethyl adjacent to an activating group) is 1. The van der Waals surface area contributed by atoms with Crippen LogP contribution in [0.2, 0.25) is 0 Å². The van der Waals surface area contributed by atoms with Crippen LogP contribution in [0.3, 0.4) is 0 Å². The van der Waals surface area contributed by atoms with Gasteiger partial charge in [-0.05, 0) is 26.6 Å². The van der Waals surface area contributed by atoms with Crippen molar-refractivity contribution < 1.29 is 9.84 Å². The molecule has 0 bridgehead atoms. The Bertz CT molecular complexity index is 233. The average Bonchev–Trinajstić information content (AvgIpc) is 2.98. The molecule has 1 heterocycles. The highest BCUT2D eigenvalue weighted by Gasteiger charge is 2.44. The standard InChI is InChI=1S/C12H24N2O2/c1-5-13-7-10(15)8(3)11(14-6-2)12-9(4)16-12/h5,8-12,14-15H,6-7H2,1-4H3. The molecule has 0 aromatic carbocycles. The number of aliphatic hydroxyl groups excluding tert-OH is 1. The van der Waals surface area contributed by atoms with Gasteiger partial charge in [-0.3, -0.25) is 4.99 Å². The molecular weight excluding hydrogens is 204 g/mol. The Morgan fingerprint density at radius 3 is 2.62 bits per heavy atom. The van der Waals surface area contributed by atoms with Crippen molar-refractivity contribution in [1.29, 1.82) is 0 Å². The molecule has 0 aliphatic carbocycles. The summed E-state index contributed by atoms with van der Waals surface area (Å²) in [6.45, 7) is 9.43. The molecule has 1 saturated heterocycles. The second kappa shape index (κ2) is 6.33. The molecule has 0 aromatic rings. The zero-order valence-corrected chi connectivity index (χ0v) is 10.7. The van der Waals surface area contributed by atoms with E-state index in [-0.39, 0.29) is 18.1 Å². The topological polar surface area (TPSA) is 57.2 Å². The molecule has 2 N–H and O–H groups in total. The van der Waals surface area contributed by atoms with Crippen molar-refractivity contribution in [2.75, 3.05) is 13.1 Å². The largest absolute Gasteiger partial charge is 0.391 e. The summed E-state index contributed by atoms with van der Waals surface area (Å²) in [6, 6.07) is 0.224. The fourth-order valence-electron chi connectivity index (χ4n) is 2.04. The van der Waals surface area contributed by atoms with Crippen molar-refractivity contribution in [2.24, 2.45) is 10.9 Å². The molecule has 16 heavy (non-hydrogen) atoms. The Balaban J connectivity index is 2.49. The van der Waals surface area contributed by atoms with Crippen molar-refractivity contribution in [3.05, 3.63) is 0 Å². The summed E-state index contributed by atoms with van der Waals surface area (Å²) in [6.07, 6.45) is 1.88. The third-order valence-electron chi connectivity index (χ3n) is 3.20. The third-order valence-corrected chi connectivity index (χ3v) is 3.20. The summed E-state index contributed by atoms with van der Waals surface area (Å²) in [7, 11) is 0. The molecule has 5 unspecified atom stereocenters. The fourth-order valence-corrected chi connectivity index (χ4v) is 2.04. The minimum Gasteiger partial charge on any atom is -0.391 e. The maximum Gasteiger partial charge on any atom is 0.0995 e. The summed E-state index contributed by atoms with van der Waals surface area (Å²) in [4.78, 5) is 4.09.